The van der Waals surface area contributed by atoms with Crippen LogP contribution in [0.3, 0.4) is 0 Å². The number of ether oxygens (including phenoxy) is 1. The van der Waals surface area contributed by atoms with Crippen molar-refractivity contribution in [3.63, 3.8) is 0 Å². The second-order valence-electron chi connectivity index (χ2n) is 10.1. The van der Waals surface area contributed by atoms with Crippen LogP contribution < -0.4 is 5.32 Å². The minimum atomic E-state index is -1.49. The Hall–Kier alpha value is -0.460. The lowest BCUT2D eigenvalue weighted by Crippen LogP contribution is -2.58. The Morgan fingerprint density at radius 2 is 1.39 bits per heavy atom. The highest BCUT2D eigenvalue weighted by Crippen LogP contribution is 2.29. The Kier molecular flexibility index (Phi) is 18.3. The van der Waals surface area contributed by atoms with Gasteiger partial charge in [-0.1, -0.05) is 84.0 Å². The predicted molar refractivity (Wildman–Crippen MR) is 142 cm³/mol. The van der Waals surface area contributed by atoms with Gasteiger partial charge < -0.3 is 40.7 Å². The molecule has 9 nitrogen and oxygen atoms in total. The highest BCUT2D eigenvalue weighted by Gasteiger charge is 2.44. The average molecular weight is 538 g/mol. The fourth-order valence-electron chi connectivity index (χ4n) is 4.52. The van der Waals surface area contributed by atoms with E-state index in [1.54, 1.807) is 0 Å². The van der Waals surface area contributed by atoms with Crippen LogP contribution in [0.25, 0.3) is 0 Å². The van der Waals surface area contributed by atoms with Crippen LogP contribution in [0.4, 0.5) is 0 Å². The van der Waals surface area contributed by atoms with E-state index in [1.165, 1.54) is 64.7 Å². The molecule has 0 radical (unpaired) electrons. The Labute approximate surface area is 221 Å². The van der Waals surface area contributed by atoms with E-state index in [2.05, 4.69) is 12.2 Å². The van der Waals surface area contributed by atoms with E-state index < -0.39 is 54.7 Å². The summed E-state index contributed by atoms with van der Waals surface area (Å²) in [5.41, 5.74) is -0.975. The van der Waals surface area contributed by atoms with E-state index >= 15 is 0 Å². The highest BCUT2D eigenvalue weighted by molar-refractivity contribution is 7.99. The van der Waals surface area contributed by atoms with Crippen LogP contribution in [0, 0.1) is 0 Å². The van der Waals surface area contributed by atoms with Gasteiger partial charge in [-0.3, -0.25) is 4.79 Å². The molecule has 1 amide bonds. The van der Waals surface area contributed by atoms with Crippen LogP contribution in [0.15, 0.2) is 0 Å². The average Bonchev–Trinajstić information content (AvgIpc) is 2.86. The van der Waals surface area contributed by atoms with Crippen molar-refractivity contribution in [2.75, 3.05) is 12.4 Å². The zero-order valence-corrected chi connectivity index (χ0v) is 22.9. The normalized spacial score (nSPS) is 26.9. The van der Waals surface area contributed by atoms with Crippen molar-refractivity contribution in [2.24, 2.45) is 0 Å². The van der Waals surface area contributed by atoms with E-state index in [0.29, 0.717) is 6.42 Å². The van der Waals surface area contributed by atoms with E-state index in [-0.39, 0.29) is 11.7 Å². The Bertz CT molecular complexity index is 570. The van der Waals surface area contributed by atoms with E-state index in [9.17, 15) is 35.4 Å². The number of nitrogens with one attached hydrogen (secondary N) is 1. The van der Waals surface area contributed by atoms with Crippen LogP contribution in [0.5, 0.6) is 0 Å². The van der Waals surface area contributed by atoms with Gasteiger partial charge in [0.05, 0.1) is 18.8 Å². The van der Waals surface area contributed by atoms with Gasteiger partial charge in [-0.15, -0.1) is 11.8 Å². The van der Waals surface area contributed by atoms with E-state index in [4.69, 9.17) is 4.74 Å². The van der Waals surface area contributed by atoms with Crippen molar-refractivity contribution < 1.29 is 40.2 Å². The first-order valence-corrected chi connectivity index (χ1v) is 14.8. The Balaban J connectivity index is 2.34. The first-order chi connectivity index (χ1) is 17.2. The molecule has 0 aromatic rings. The smallest absolute Gasteiger partial charge is 0.217 e. The predicted octanol–water partition coefficient (Wildman–Crippen LogP) is 1.84. The van der Waals surface area contributed by atoms with Gasteiger partial charge in [0.15, 0.2) is 0 Å². The number of rotatable bonds is 20. The maximum absolute atomic E-state index is 11.7. The van der Waals surface area contributed by atoms with Gasteiger partial charge >= 0.3 is 0 Å². The van der Waals surface area contributed by atoms with Gasteiger partial charge in [0.2, 0.25) is 5.91 Å². The van der Waals surface area contributed by atoms with Gasteiger partial charge in [0.1, 0.15) is 36.0 Å². The summed E-state index contributed by atoms with van der Waals surface area (Å²) in [5, 5.41) is 63.2. The molecule has 3 unspecified atom stereocenters. The number of hydrogen-bond donors (Lipinski definition) is 7. The monoisotopic (exact) mass is 537 g/mol. The standard InChI is InChI=1S/C26H51NO8S/c1-3-4-5-6-7-8-9-10-11-12-13-14-15-20(30)22(31)19(27-18(2)29)17-36-26-25(34)24(33)23(32)21(16-28)35-26/h19-26,28,30-34H,3-17H2,1-2H3,(H,27,29)/t19?,20?,21-,22?,23-,24+,25-,26+/m1/s1. The number of aliphatic hydroxyl groups excluding tert-OH is 6. The third-order valence-electron chi connectivity index (χ3n) is 6.84. The molecule has 8 atom stereocenters. The molecule has 10 heteroatoms. The topological polar surface area (TPSA) is 160 Å². The molecule has 1 aliphatic heterocycles. The zero-order chi connectivity index (χ0) is 26.9. The summed E-state index contributed by atoms with van der Waals surface area (Å²) in [4.78, 5) is 11.7. The number of unbranched alkanes of at least 4 members (excludes halogenated alkanes) is 11. The minimum absolute atomic E-state index is 0.0962. The van der Waals surface area contributed by atoms with Crippen LogP contribution in [-0.4, -0.2) is 97.0 Å². The molecule has 214 valence electrons. The number of amides is 1. The SMILES string of the molecule is CCCCCCCCCCCCCCC(O)C(O)C(CS[C@@H]1O[C@H](CO)[C@@H](O)[C@H](O)[C@H]1O)NC(C)=O. The molecule has 0 bridgehead atoms. The molecule has 0 aliphatic carbocycles. The fourth-order valence-corrected chi connectivity index (χ4v) is 5.78. The molecule has 7 N–H and O–H groups in total. The molecule has 1 saturated heterocycles. The van der Waals surface area contributed by atoms with Crippen molar-refractivity contribution in [2.45, 2.75) is 145 Å². The van der Waals surface area contributed by atoms with E-state index in [0.717, 1.165) is 31.0 Å². The van der Waals surface area contributed by atoms with Gasteiger partial charge in [-0.25, -0.2) is 0 Å². The molecule has 1 heterocycles. The number of aliphatic hydroxyl groups is 6. The van der Waals surface area contributed by atoms with Crippen LogP contribution in [0.2, 0.25) is 0 Å². The number of thioether (sulfide) groups is 1. The summed E-state index contributed by atoms with van der Waals surface area (Å²) in [5.74, 6) is -0.273. The number of hydrogen-bond acceptors (Lipinski definition) is 9. The molecule has 36 heavy (non-hydrogen) atoms. The summed E-state index contributed by atoms with van der Waals surface area (Å²) >= 11 is 1.03. The summed E-state index contributed by atoms with van der Waals surface area (Å²) in [6, 6.07) is -0.799. The van der Waals surface area contributed by atoms with Crippen molar-refractivity contribution >= 4 is 17.7 Å². The lowest BCUT2D eigenvalue weighted by molar-refractivity contribution is -0.205. The lowest BCUT2D eigenvalue weighted by Gasteiger charge is -2.40. The van der Waals surface area contributed by atoms with Gasteiger partial charge in [0.25, 0.3) is 0 Å². The summed E-state index contributed by atoms with van der Waals surface area (Å²) in [6.07, 6.45) is 7.30. The molecule has 0 aromatic heterocycles. The summed E-state index contributed by atoms with van der Waals surface area (Å²) < 4.78 is 5.47. The Morgan fingerprint density at radius 1 is 0.861 bits per heavy atom. The van der Waals surface area contributed by atoms with Crippen molar-refractivity contribution in [3.8, 4) is 0 Å². The molecule has 0 saturated carbocycles. The summed E-state index contributed by atoms with van der Waals surface area (Å²) in [6.45, 7) is 3.02. The molecule has 1 rings (SSSR count). The highest BCUT2D eigenvalue weighted by atomic mass is 32.2. The molecular weight excluding hydrogens is 486 g/mol. The molecule has 1 fully saturated rings. The number of carbonyl (C=O) groups excluding carboxylic acids is 1. The third-order valence-corrected chi connectivity index (χ3v) is 8.11. The summed E-state index contributed by atoms with van der Waals surface area (Å²) in [7, 11) is 0. The minimum Gasteiger partial charge on any atom is -0.394 e. The van der Waals surface area contributed by atoms with Crippen LogP contribution in [0.1, 0.15) is 97.3 Å². The molecule has 0 aromatic carbocycles. The first-order valence-electron chi connectivity index (χ1n) is 13.8. The molecule has 1 aliphatic rings. The maximum Gasteiger partial charge on any atom is 0.217 e. The van der Waals surface area contributed by atoms with Crippen molar-refractivity contribution in [1.82, 2.24) is 5.32 Å². The quantitative estimate of drug-likeness (QED) is 0.115. The Morgan fingerprint density at radius 3 is 1.89 bits per heavy atom. The fraction of sp³-hybridized carbons (Fsp3) is 0.962. The van der Waals surface area contributed by atoms with Gasteiger partial charge in [0, 0.05) is 12.7 Å². The van der Waals surface area contributed by atoms with Gasteiger partial charge in [-0.2, -0.15) is 0 Å². The third kappa shape index (κ3) is 12.9. The van der Waals surface area contributed by atoms with Crippen LogP contribution >= 0.6 is 11.8 Å². The van der Waals surface area contributed by atoms with Crippen molar-refractivity contribution in [3.05, 3.63) is 0 Å². The largest absolute Gasteiger partial charge is 0.394 e. The molecular formula is C26H51NO8S. The number of carbonyl (C=O) groups is 1. The second-order valence-corrected chi connectivity index (χ2v) is 11.2. The maximum atomic E-state index is 11.7. The van der Waals surface area contributed by atoms with Gasteiger partial charge in [-0.05, 0) is 6.42 Å². The first kappa shape index (κ1) is 33.6. The van der Waals surface area contributed by atoms with Crippen LogP contribution in [-0.2, 0) is 9.53 Å². The van der Waals surface area contributed by atoms with Crippen molar-refractivity contribution in [1.29, 1.82) is 0 Å². The molecule has 0 spiro atoms. The lowest BCUT2D eigenvalue weighted by atomic mass is 9.99. The van der Waals surface area contributed by atoms with E-state index in [1.807, 2.05) is 0 Å². The zero-order valence-electron chi connectivity index (χ0n) is 22.1. The second kappa shape index (κ2) is 19.6.